The van der Waals surface area contributed by atoms with Gasteiger partial charge in [-0.1, -0.05) is 13.8 Å². The fourth-order valence-electron chi connectivity index (χ4n) is 2.00. The van der Waals surface area contributed by atoms with Gasteiger partial charge in [0.1, 0.15) is 12.1 Å². The molecule has 7 N–H and O–H groups in total. The first-order valence-corrected chi connectivity index (χ1v) is 8.79. The van der Waals surface area contributed by atoms with Crippen LogP contribution in [0.4, 0.5) is 0 Å². The Labute approximate surface area is 161 Å². The van der Waals surface area contributed by atoms with Crippen molar-refractivity contribution in [3.63, 3.8) is 0 Å². The lowest BCUT2D eigenvalue weighted by Crippen LogP contribution is -2.54. The molecule has 0 saturated heterocycles. The quantitative estimate of drug-likeness (QED) is 0.180. The average molecular weight is 406 g/mol. The molecule has 3 amide bonds. The van der Waals surface area contributed by atoms with E-state index < -0.39 is 60.8 Å². The van der Waals surface area contributed by atoms with E-state index in [0.717, 1.165) is 0 Å². The summed E-state index contributed by atoms with van der Waals surface area (Å²) in [6.07, 6.45) is -0.352. The van der Waals surface area contributed by atoms with Gasteiger partial charge in [0.25, 0.3) is 0 Å². The predicted octanol–water partition coefficient (Wildman–Crippen LogP) is -2.07. The molecule has 0 aliphatic carbocycles. The van der Waals surface area contributed by atoms with Gasteiger partial charge in [-0.05, 0) is 12.3 Å². The molecule has 11 nitrogen and oxygen atoms in total. The van der Waals surface area contributed by atoms with E-state index >= 15 is 0 Å². The summed E-state index contributed by atoms with van der Waals surface area (Å²) in [7, 11) is 0. The zero-order valence-corrected chi connectivity index (χ0v) is 16.0. The van der Waals surface area contributed by atoms with E-state index in [9.17, 15) is 24.0 Å². The van der Waals surface area contributed by atoms with Gasteiger partial charge in [-0.15, -0.1) is 0 Å². The van der Waals surface area contributed by atoms with Gasteiger partial charge in [-0.2, -0.15) is 12.6 Å². The van der Waals surface area contributed by atoms with E-state index in [0.29, 0.717) is 6.42 Å². The maximum atomic E-state index is 12.1. The van der Waals surface area contributed by atoms with Crippen molar-refractivity contribution < 1.29 is 34.2 Å². The average Bonchev–Trinajstić information content (AvgIpc) is 2.55. The zero-order chi connectivity index (χ0) is 21.1. The SMILES string of the molecule is CC(C)CC(N)C(=O)NCC(=O)NC(CC(=O)O)C(=O)NC(CS)C(=O)O. The second-order valence-electron chi connectivity index (χ2n) is 6.25. The molecular weight excluding hydrogens is 380 g/mol. The molecule has 0 heterocycles. The van der Waals surface area contributed by atoms with Gasteiger partial charge in [0, 0.05) is 5.75 Å². The molecule has 0 aliphatic rings. The number of carbonyl (C=O) groups excluding carboxylic acids is 3. The highest BCUT2D eigenvalue weighted by Crippen LogP contribution is 2.02. The number of hydrogen-bond donors (Lipinski definition) is 7. The number of nitrogens with one attached hydrogen (secondary N) is 3. The van der Waals surface area contributed by atoms with Crippen LogP contribution >= 0.6 is 12.6 Å². The molecule has 0 aromatic rings. The molecule has 27 heavy (non-hydrogen) atoms. The summed E-state index contributed by atoms with van der Waals surface area (Å²) >= 11 is 3.78. The summed E-state index contributed by atoms with van der Waals surface area (Å²) in [5, 5.41) is 24.3. The third-order valence-corrected chi connectivity index (χ3v) is 3.68. The van der Waals surface area contributed by atoms with Gasteiger partial charge in [0.05, 0.1) is 19.0 Å². The largest absolute Gasteiger partial charge is 0.481 e. The first-order valence-electron chi connectivity index (χ1n) is 8.16. The Bertz CT molecular complexity index is 570. The Hall–Kier alpha value is -2.34. The van der Waals surface area contributed by atoms with E-state index in [1.165, 1.54) is 0 Å². The Morgan fingerprint density at radius 3 is 2.04 bits per heavy atom. The number of amides is 3. The van der Waals surface area contributed by atoms with E-state index in [4.69, 9.17) is 15.9 Å². The summed E-state index contributed by atoms with van der Waals surface area (Å²) in [4.78, 5) is 57.6. The van der Waals surface area contributed by atoms with Crippen LogP contribution in [-0.4, -0.2) is 70.3 Å². The second-order valence-corrected chi connectivity index (χ2v) is 6.62. The molecule has 0 spiro atoms. The van der Waals surface area contributed by atoms with Crippen LogP contribution in [0.1, 0.15) is 26.7 Å². The van der Waals surface area contributed by atoms with Crippen LogP contribution in [0.5, 0.6) is 0 Å². The summed E-state index contributed by atoms with van der Waals surface area (Å²) < 4.78 is 0. The van der Waals surface area contributed by atoms with Crippen molar-refractivity contribution in [1.82, 2.24) is 16.0 Å². The number of carboxylic acids is 2. The standard InChI is InChI=1S/C15H26N4O7S/c1-7(2)3-8(16)13(23)17-5-11(20)18-9(4-12(21)22)14(24)19-10(6-27)15(25)26/h7-10,27H,3-6,16H2,1-2H3,(H,17,23)(H,18,20)(H,19,24)(H,21,22)(H,25,26). The van der Waals surface area contributed by atoms with Crippen molar-refractivity contribution >= 4 is 42.3 Å². The lowest BCUT2D eigenvalue weighted by Gasteiger charge is -2.20. The first kappa shape index (κ1) is 24.7. The topological polar surface area (TPSA) is 188 Å². The summed E-state index contributed by atoms with van der Waals surface area (Å²) in [6, 6.07) is -3.66. The molecule has 154 valence electrons. The number of rotatable bonds is 12. The highest BCUT2D eigenvalue weighted by Gasteiger charge is 2.28. The summed E-state index contributed by atoms with van der Waals surface area (Å²) in [5.41, 5.74) is 5.67. The third kappa shape index (κ3) is 10.4. The van der Waals surface area contributed by atoms with Gasteiger partial charge in [-0.3, -0.25) is 19.2 Å². The molecule has 0 aromatic heterocycles. The molecule has 0 saturated carbocycles. The minimum Gasteiger partial charge on any atom is -0.481 e. The van der Waals surface area contributed by atoms with E-state index in [1.807, 2.05) is 13.8 Å². The fourth-order valence-corrected chi connectivity index (χ4v) is 2.25. The maximum absolute atomic E-state index is 12.1. The van der Waals surface area contributed by atoms with E-state index in [-0.39, 0.29) is 11.7 Å². The van der Waals surface area contributed by atoms with Crippen molar-refractivity contribution in [2.75, 3.05) is 12.3 Å². The highest BCUT2D eigenvalue weighted by atomic mass is 32.1. The molecule has 3 atom stereocenters. The number of hydrogen-bond acceptors (Lipinski definition) is 7. The number of carboxylic acid groups (broad SMARTS) is 2. The van der Waals surface area contributed by atoms with Crippen LogP contribution in [0.3, 0.4) is 0 Å². The van der Waals surface area contributed by atoms with E-state index in [2.05, 4.69) is 28.6 Å². The first-order chi connectivity index (χ1) is 12.5. The van der Waals surface area contributed by atoms with Gasteiger partial charge in [0.2, 0.25) is 17.7 Å². The molecule has 0 fully saturated rings. The number of carbonyl (C=O) groups is 5. The van der Waals surface area contributed by atoms with Crippen LogP contribution in [0.15, 0.2) is 0 Å². The third-order valence-electron chi connectivity index (χ3n) is 3.31. The van der Waals surface area contributed by atoms with Gasteiger partial charge in [0.15, 0.2) is 0 Å². The Morgan fingerprint density at radius 1 is 1.00 bits per heavy atom. The summed E-state index contributed by atoms with van der Waals surface area (Å²) in [6.45, 7) is 3.25. The molecular formula is C15H26N4O7S. The van der Waals surface area contributed by atoms with Gasteiger partial charge >= 0.3 is 11.9 Å². The van der Waals surface area contributed by atoms with Gasteiger partial charge in [-0.25, -0.2) is 4.79 Å². The molecule has 0 radical (unpaired) electrons. The zero-order valence-electron chi connectivity index (χ0n) is 15.1. The number of nitrogens with two attached hydrogens (primary N) is 1. The van der Waals surface area contributed by atoms with Crippen molar-refractivity contribution in [3.8, 4) is 0 Å². The summed E-state index contributed by atoms with van der Waals surface area (Å²) in [5.74, 6) is -5.15. The second kappa shape index (κ2) is 12.1. The predicted molar refractivity (Wildman–Crippen MR) is 98.0 cm³/mol. The molecule has 0 aromatic carbocycles. The minimum absolute atomic E-state index is 0.178. The Balaban J connectivity index is 4.77. The number of aliphatic carboxylic acids is 2. The van der Waals surface area contributed by atoms with Crippen LogP contribution in [0.25, 0.3) is 0 Å². The number of thiol groups is 1. The lowest BCUT2D eigenvalue weighted by molar-refractivity contribution is -0.143. The van der Waals surface area contributed by atoms with Crippen LogP contribution in [0.2, 0.25) is 0 Å². The van der Waals surface area contributed by atoms with Crippen LogP contribution < -0.4 is 21.7 Å². The van der Waals surface area contributed by atoms with E-state index in [1.54, 1.807) is 0 Å². The Morgan fingerprint density at radius 2 is 1.59 bits per heavy atom. The van der Waals surface area contributed by atoms with Gasteiger partial charge < -0.3 is 31.9 Å². The Kier molecular flexibility index (Phi) is 11.1. The van der Waals surface area contributed by atoms with Crippen LogP contribution in [-0.2, 0) is 24.0 Å². The molecule has 0 bridgehead atoms. The maximum Gasteiger partial charge on any atom is 0.327 e. The highest BCUT2D eigenvalue weighted by molar-refractivity contribution is 7.80. The molecule has 0 rings (SSSR count). The normalized spacial score (nSPS) is 14.0. The fraction of sp³-hybridized carbons (Fsp3) is 0.667. The van der Waals surface area contributed by atoms with Crippen LogP contribution in [0, 0.1) is 5.92 Å². The lowest BCUT2D eigenvalue weighted by atomic mass is 10.0. The van der Waals surface area contributed by atoms with Crippen molar-refractivity contribution in [3.05, 3.63) is 0 Å². The van der Waals surface area contributed by atoms with Crippen molar-refractivity contribution in [2.45, 2.75) is 44.8 Å². The molecule has 3 unspecified atom stereocenters. The minimum atomic E-state index is -1.52. The molecule has 0 aliphatic heterocycles. The van der Waals surface area contributed by atoms with Crippen molar-refractivity contribution in [1.29, 1.82) is 0 Å². The van der Waals surface area contributed by atoms with Crippen molar-refractivity contribution in [2.24, 2.45) is 11.7 Å². The smallest absolute Gasteiger partial charge is 0.327 e. The monoisotopic (exact) mass is 406 g/mol. The molecule has 12 heteroatoms.